The lowest BCUT2D eigenvalue weighted by molar-refractivity contribution is 0.0272. The lowest BCUT2D eigenvalue weighted by atomic mass is 9.94. The van der Waals surface area contributed by atoms with E-state index in [2.05, 4.69) is 5.32 Å². The molecule has 1 unspecified atom stereocenters. The molecular formula is C12H16ClNO4S2. The van der Waals surface area contributed by atoms with Crippen molar-refractivity contribution >= 4 is 37.0 Å². The van der Waals surface area contributed by atoms with Crippen molar-refractivity contribution in [2.24, 2.45) is 0 Å². The molecule has 1 aliphatic rings. The average molecular weight is 338 g/mol. The van der Waals surface area contributed by atoms with Gasteiger partial charge < -0.3 is 10.1 Å². The van der Waals surface area contributed by atoms with Crippen molar-refractivity contribution in [3.8, 4) is 0 Å². The highest BCUT2D eigenvalue weighted by molar-refractivity contribution is 8.15. The van der Waals surface area contributed by atoms with Crippen molar-refractivity contribution in [3.63, 3.8) is 0 Å². The summed E-state index contributed by atoms with van der Waals surface area (Å²) in [6.45, 7) is 4.67. The third kappa shape index (κ3) is 3.33. The van der Waals surface area contributed by atoms with E-state index in [4.69, 9.17) is 15.4 Å². The van der Waals surface area contributed by atoms with Crippen LogP contribution in [0.1, 0.15) is 35.7 Å². The summed E-state index contributed by atoms with van der Waals surface area (Å²) in [6, 6.07) is 0. The molecule has 2 heterocycles. The van der Waals surface area contributed by atoms with Crippen LogP contribution in [-0.4, -0.2) is 33.1 Å². The second-order valence-electron chi connectivity index (χ2n) is 5.17. The Labute approximate surface area is 126 Å². The molecule has 0 saturated carbocycles. The average Bonchev–Trinajstić information content (AvgIpc) is 2.71. The summed E-state index contributed by atoms with van der Waals surface area (Å²) >= 11 is 0.960. The van der Waals surface area contributed by atoms with Crippen LogP contribution in [0.4, 0.5) is 0 Å². The maximum atomic E-state index is 12.3. The summed E-state index contributed by atoms with van der Waals surface area (Å²) in [7, 11) is 1.52. The first-order valence-electron chi connectivity index (χ1n) is 6.16. The third-order valence-corrected chi connectivity index (χ3v) is 6.62. The zero-order chi connectivity index (χ0) is 15.0. The molecule has 0 aromatic carbocycles. The predicted octanol–water partition coefficient (Wildman–Crippen LogP) is 2.28. The maximum absolute atomic E-state index is 12.3. The quantitative estimate of drug-likeness (QED) is 0.859. The van der Waals surface area contributed by atoms with Gasteiger partial charge in [0.15, 0.2) is 0 Å². The van der Waals surface area contributed by atoms with Gasteiger partial charge in [-0.3, -0.25) is 4.79 Å². The van der Waals surface area contributed by atoms with Crippen LogP contribution >= 0.6 is 22.0 Å². The molecule has 1 N–H and O–H groups in total. The Morgan fingerprint density at radius 3 is 2.75 bits per heavy atom. The van der Waals surface area contributed by atoms with Gasteiger partial charge in [0.05, 0.1) is 17.7 Å². The Bertz CT molecular complexity index is 617. The number of thiophene rings is 1. The highest BCUT2D eigenvalue weighted by Crippen LogP contribution is 2.30. The van der Waals surface area contributed by atoms with Crippen LogP contribution in [-0.2, 0) is 13.8 Å². The second-order valence-corrected chi connectivity index (χ2v) is 8.81. The van der Waals surface area contributed by atoms with Gasteiger partial charge in [-0.15, -0.1) is 11.3 Å². The minimum Gasteiger partial charge on any atom is -0.379 e. The molecule has 1 aromatic heterocycles. The van der Waals surface area contributed by atoms with Gasteiger partial charge in [-0.2, -0.15) is 0 Å². The SMILES string of the molecule is Cc1c(C(=O)NC2(C)CCCOC2)csc1S(=O)(=O)Cl. The van der Waals surface area contributed by atoms with E-state index < -0.39 is 14.6 Å². The molecule has 1 aromatic rings. The predicted molar refractivity (Wildman–Crippen MR) is 78.0 cm³/mol. The number of hydrogen-bond donors (Lipinski definition) is 1. The zero-order valence-corrected chi connectivity index (χ0v) is 13.6. The first-order valence-corrected chi connectivity index (χ1v) is 9.35. The first kappa shape index (κ1) is 15.8. The fraction of sp³-hybridized carbons (Fsp3) is 0.583. The molecule has 0 radical (unpaired) electrons. The Morgan fingerprint density at radius 2 is 2.25 bits per heavy atom. The first-order chi connectivity index (χ1) is 9.23. The molecule has 1 fully saturated rings. The molecule has 1 aliphatic heterocycles. The van der Waals surface area contributed by atoms with Crippen molar-refractivity contribution in [1.29, 1.82) is 0 Å². The van der Waals surface area contributed by atoms with E-state index in [1.54, 1.807) is 6.92 Å². The molecule has 5 nitrogen and oxygen atoms in total. The Morgan fingerprint density at radius 1 is 1.55 bits per heavy atom. The van der Waals surface area contributed by atoms with Gasteiger partial charge in [-0.05, 0) is 32.3 Å². The van der Waals surface area contributed by atoms with E-state index in [0.717, 1.165) is 24.2 Å². The fourth-order valence-electron chi connectivity index (χ4n) is 2.24. The molecule has 0 bridgehead atoms. The van der Waals surface area contributed by atoms with Gasteiger partial charge in [0.2, 0.25) is 0 Å². The number of hydrogen-bond acceptors (Lipinski definition) is 5. The lowest BCUT2D eigenvalue weighted by Crippen LogP contribution is -2.51. The van der Waals surface area contributed by atoms with Gasteiger partial charge in [-0.25, -0.2) is 8.42 Å². The van der Waals surface area contributed by atoms with Crippen LogP contribution in [0.15, 0.2) is 9.59 Å². The number of carbonyl (C=O) groups is 1. The number of amides is 1. The molecule has 1 atom stereocenters. The minimum atomic E-state index is -3.81. The van der Waals surface area contributed by atoms with E-state index in [0.29, 0.717) is 24.3 Å². The largest absolute Gasteiger partial charge is 0.379 e. The zero-order valence-electron chi connectivity index (χ0n) is 11.2. The topological polar surface area (TPSA) is 72.5 Å². The van der Waals surface area contributed by atoms with Crippen molar-refractivity contribution in [2.45, 2.75) is 36.4 Å². The van der Waals surface area contributed by atoms with Crippen molar-refractivity contribution < 1.29 is 17.9 Å². The normalized spacial score (nSPS) is 23.6. The highest BCUT2D eigenvalue weighted by Gasteiger charge is 2.31. The molecule has 8 heteroatoms. The van der Waals surface area contributed by atoms with Crippen LogP contribution in [0.5, 0.6) is 0 Å². The van der Waals surface area contributed by atoms with Crippen LogP contribution in [0.3, 0.4) is 0 Å². The van der Waals surface area contributed by atoms with Gasteiger partial charge in [-0.1, -0.05) is 0 Å². The molecule has 1 amide bonds. The Kier molecular flexibility index (Phi) is 4.44. The van der Waals surface area contributed by atoms with Crippen molar-refractivity contribution in [2.75, 3.05) is 13.2 Å². The van der Waals surface area contributed by atoms with Crippen molar-refractivity contribution in [3.05, 3.63) is 16.5 Å². The Balaban J connectivity index is 2.20. The summed E-state index contributed by atoms with van der Waals surface area (Å²) in [6.07, 6.45) is 1.73. The number of rotatable bonds is 3. The number of ether oxygens (including phenoxy) is 1. The molecule has 1 saturated heterocycles. The summed E-state index contributed by atoms with van der Waals surface area (Å²) in [4.78, 5) is 12.3. The smallest absolute Gasteiger partial charge is 0.271 e. The molecule has 0 aliphatic carbocycles. The third-order valence-electron chi connectivity index (χ3n) is 3.31. The van der Waals surface area contributed by atoms with Crippen LogP contribution in [0.25, 0.3) is 0 Å². The standard InChI is InChI=1S/C12H16ClNO4S2/c1-8-9(6-19-11(8)20(13,16)17)10(15)14-12(2)4-3-5-18-7-12/h6H,3-5,7H2,1-2H3,(H,14,15). The summed E-state index contributed by atoms with van der Waals surface area (Å²) in [5.41, 5.74) is 0.327. The lowest BCUT2D eigenvalue weighted by Gasteiger charge is -2.34. The van der Waals surface area contributed by atoms with Crippen LogP contribution in [0, 0.1) is 6.92 Å². The van der Waals surface area contributed by atoms with E-state index in [-0.39, 0.29) is 10.1 Å². The summed E-state index contributed by atoms with van der Waals surface area (Å²) in [5, 5.41) is 4.44. The maximum Gasteiger partial charge on any atom is 0.271 e. The fourth-order valence-corrected chi connectivity index (χ4v) is 4.79. The molecule has 20 heavy (non-hydrogen) atoms. The van der Waals surface area contributed by atoms with Crippen LogP contribution < -0.4 is 5.32 Å². The van der Waals surface area contributed by atoms with E-state index in [1.165, 1.54) is 5.38 Å². The van der Waals surface area contributed by atoms with Crippen molar-refractivity contribution in [1.82, 2.24) is 5.32 Å². The van der Waals surface area contributed by atoms with Gasteiger partial charge >= 0.3 is 0 Å². The molecule has 2 rings (SSSR count). The second kappa shape index (κ2) is 5.63. The monoisotopic (exact) mass is 337 g/mol. The molecule has 0 spiro atoms. The highest BCUT2D eigenvalue weighted by atomic mass is 35.7. The minimum absolute atomic E-state index is 0.0226. The van der Waals surface area contributed by atoms with Gasteiger partial charge in [0.1, 0.15) is 4.21 Å². The number of carbonyl (C=O) groups excluding carboxylic acids is 1. The van der Waals surface area contributed by atoms with Gasteiger partial charge in [0, 0.05) is 22.7 Å². The Hall–Kier alpha value is -0.630. The van der Waals surface area contributed by atoms with E-state index in [1.807, 2.05) is 6.92 Å². The number of nitrogens with one attached hydrogen (secondary N) is 1. The molecule has 112 valence electrons. The van der Waals surface area contributed by atoms with Gasteiger partial charge in [0.25, 0.3) is 15.0 Å². The van der Waals surface area contributed by atoms with Crippen LogP contribution in [0.2, 0.25) is 0 Å². The summed E-state index contributed by atoms with van der Waals surface area (Å²) < 4.78 is 28.1. The number of halogens is 1. The summed E-state index contributed by atoms with van der Waals surface area (Å²) in [5.74, 6) is -0.293. The van der Waals surface area contributed by atoms with E-state index in [9.17, 15) is 13.2 Å². The van der Waals surface area contributed by atoms with E-state index >= 15 is 0 Å². The molecular weight excluding hydrogens is 322 g/mol.